The number of hydrogen-bond donors (Lipinski definition) is 1. The Bertz CT molecular complexity index is 862. The molecule has 1 aromatic heterocycles. The number of isocyanates is 2. The lowest BCUT2D eigenvalue weighted by atomic mass is 10.7. The van der Waals surface area contributed by atoms with E-state index >= 15 is 0 Å². The van der Waals surface area contributed by atoms with E-state index in [-0.39, 0.29) is 0 Å². The lowest BCUT2D eigenvalue weighted by Crippen LogP contribution is -2.55. The fourth-order valence-corrected chi connectivity index (χ4v) is 1.62. The molecule has 0 spiro atoms. The molecule has 1 rings (SSSR count). The second-order valence-corrected chi connectivity index (χ2v) is 4.20. The minimum atomic E-state index is -1.21. The predicted molar refractivity (Wildman–Crippen MR) is 77.0 cm³/mol. The summed E-state index contributed by atoms with van der Waals surface area (Å²) in [7, 11) is 0. The summed E-state index contributed by atoms with van der Waals surface area (Å²) in [5.41, 5.74) is -3.62. The molecule has 0 aromatic carbocycles. The smallest absolute Gasteiger partial charge is 0.408 e. The number of aliphatic imine (C=N–C) groups is 2. The van der Waals surface area contributed by atoms with Gasteiger partial charge in [-0.2, -0.15) is 14.9 Å². The predicted octanol–water partition coefficient (Wildman–Crippen LogP) is -2.66. The Kier molecular flexibility index (Phi) is 8.03. The zero-order valence-electron chi connectivity index (χ0n) is 12.9. The van der Waals surface area contributed by atoms with Crippen LogP contribution in [0.5, 0.6) is 0 Å². The summed E-state index contributed by atoms with van der Waals surface area (Å²) in [5, 5.41) is 2.00. The molecule has 1 aromatic rings. The lowest BCUT2D eigenvalue weighted by molar-refractivity contribution is -0.140. The molecule has 0 aliphatic rings. The largest absolute Gasteiger partial charge is 0.447 e. The van der Waals surface area contributed by atoms with Crippen molar-refractivity contribution in [3.05, 3.63) is 31.5 Å². The number of alkyl carbamates (subject to hydrolysis) is 1. The standard InChI is InChI=1S/C11H11FN6O8/c12-26-2-1-25-8(21)15-5-18-10(23)16(3-13-6-19)9(22)17(11(18)24)4-14-7-20/h1-5H2,(H,15,21). The molecule has 1 N–H and O–H groups in total. The topological polar surface area (TPSA) is 172 Å². The van der Waals surface area contributed by atoms with Crippen molar-refractivity contribution in [1.82, 2.24) is 19.0 Å². The molecule has 0 aliphatic heterocycles. The molecule has 0 radical (unpaired) electrons. The number of aromatic nitrogens is 3. The Hall–Kier alpha value is -3.67. The van der Waals surface area contributed by atoms with E-state index in [4.69, 9.17) is 0 Å². The maximum absolute atomic E-state index is 12.2. The van der Waals surface area contributed by atoms with Gasteiger partial charge in [0.2, 0.25) is 12.2 Å². The van der Waals surface area contributed by atoms with Gasteiger partial charge in [0.25, 0.3) is 0 Å². The molecular weight excluding hydrogens is 363 g/mol. The Balaban J connectivity index is 3.24. The third-order valence-corrected chi connectivity index (χ3v) is 2.71. The normalized spacial score (nSPS) is 9.73. The molecule has 0 saturated carbocycles. The highest BCUT2D eigenvalue weighted by Crippen LogP contribution is 1.82. The number of amides is 1. The molecule has 1 amide bonds. The molecule has 0 fully saturated rings. The van der Waals surface area contributed by atoms with E-state index < -0.39 is 56.4 Å². The minimum Gasteiger partial charge on any atom is -0.447 e. The molecule has 0 unspecified atom stereocenters. The number of carbonyl (C=O) groups excluding carboxylic acids is 3. The first kappa shape index (κ1) is 20.4. The summed E-state index contributed by atoms with van der Waals surface area (Å²) >= 11 is 0. The molecule has 26 heavy (non-hydrogen) atoms. The molecule has 0 aliphatic carbocycles. The Morgan fingerprint density at radius 2 is 1.46 bits per heavy atom. The quantitative estimate of drug-likeness (QED) is 0.277. The van der Waals surface area contributed by atoms with Crippen LogP contribution in [0.3, 0.4) is 0 Å². The maximum Gasteiger partial charge on any atom is 0.408 e. The van der Waals surface area contributed by atoms with E-state index in [2.05, 4.69) is 19.7 Å². The van der Waals surface area contributed by atoms with Crippen LogP contribution in [0.2, 0.25) is 0 Å². The summed E-state index contributed by atoms with van der Waals surface area (Å²) in [5.74, 6) is 0. The number of nitrogens with one attached hydrogen (secondary N) is 1. The monoisotopic (exact) mass is 374 g/mol. The first-order valence-electron chi connectivity index (χ1n) is 6.63. The number of ether oxygens (including phenoxy) is 1. The van der Waals surface area contributed by atoms with Gasteiger partial charge in [-0.25, -0.2) is 42.5 Å². The number of nitrogens with zero attached hydrogens (tertiary/aromatic N) is 5. The van der Waals surface area contributed by atoms with Gasteiger partial charge in [0.15, 0.2) is 0 Å². The van der Waals surface area contributed by atoms with Crippen LogP contribution in [-0.4, -0.2) is 45.2 Å². The molecule has 1 heterocycles. The molecule has 0 saturated heterocycles. The Morgan fingerprint density at radius 1 is 0.962 bits per heavy atom. The number of rotatable bonds is 9. The molecular formula is C11H11FN6O8. The van der Waals surface area contributed by atoms with Crippen LogP contribution in [0.15, 0.2) is 24.4 Å². The zero-order valence-corrected chi connectivity index (χ0v) is 12.9. The van der Waals surface area contributed by atoms with Gasteiger partial charge in [0.05, 0.1) is 0 Å². The minimum absolute atomic E-state index is 0.372. The summed E-state index contributed by atoms with van der Waals surface area (Å²) in [6.45, 7) is -3.24. The summed E-state index contributed by atoms with van der Waals surface area (Å²) in [6.07, 6.45) is 1.10. The van der Waals surface area contributed by atoms with Crippen molar-refractivity contribution < 1.29 is 28.6 Å². The first-order chi connectivity index (χ1) is 12.5. The average Bonchev–Trinajstić information content (AvgIpc) is 2.61. The maximum atomic E-state index is 12.2. The summed E-state index contributed by atoms with van der Waals surface area (Å²) in [4.78, 5) is 77.4. The van der Waals surface area contributed by atoms with Gasteiger partial charge in [0, 0.05) is 0 Å². The van der Waals surface area contributed by atoms with Crippen LogP contribution in [0, 0.1) is 0 Å². The van der Waals surface area contributed by atoms with Crippen molar-refractivity contribution in [2.24, 2.45) is 9.98 Å². The van der Waals surface area contributed by atoms with Crippen molar-refractivity contribution in [3.63, 3.8) is 0 Å². The number of hydrogen-bond acceptors (Lipinski definition) is 10. The van der Waals surface area contributed by atoms with Gasteiger partial charge in [-0.1, -0.05) is 0 Å². The van der Waals surface area contributed by atoms with Crippen molar-refractivity contribution in [2.45, 2.75) is 20.0 Å². The van der Waals surface area contributed by atoms with Crippen molar-refractivity contribution in [2.75, 3.05) is 13.2 Å². The lowest BCUT2D eigenvalue weighted by Gasteiger charge is -2.12. The molecule has 14 nitrogen and oxygen atoms in total. The zero-order chi connectivity index (χ0) is 19.5. The number of carbonyl (C=O) groups is 1. The van der Waals surface area contributed by atoms with E-state index in [0.717, 1.165) is 12.2 Å². The van der Waals surface area contributed by atoms with Gasteiger partial charge in [-0.3, -0.25) is 0 Å². The van der Waals surface area contributed by atoms with Crippen molar-refractivity contribution in [1.29, 1.82) is 0 Å². The van der Waals surface area contributed by atoms with Crippen LogP contribution < -0.4 is 22.4 Å². The van der Waals surface area contributed by atoms with Crippen molar-refractivity contribution in [3.8, 4) is 0 Å². The first-order valence-corrected chi connectivity index (χ1v) is 6.63. The highest BCUT2D eigenvalue weighted by Gasteiger charge is 2.15. The van der Waals surface area contributed by atoms with E-state index in [9.17, 15) is 33.3 Å². The molecule has 0 atom stereocenters. The SMILES string of the molecule is O=C=NCn1c(=O)n(CN=C=O)c(=O)n(CNC(=O)OCCOF)c1=O. The molecule has 140 valence electrons. The Morgan fingerprint density at radius 3 is 1.92 bits per heavy atom. The highest BCUT2D eigenvalue weighted by molar-refractivity contribution is 5.66. The van der Waals surface area contributed by atoms with Crippen LogP contribution in [0.25, 0.3) is 0 Å². The highest BCUT2D eigenvalue weighted by atomic mass is 19.3. The average molecular weight is 374 g/mol. The van der Waals surface area contributed by atoms with Gasteiger partial charge in [-0.15, -0.1) is 0 Å². The molecule has 15 heteroatoms. The van der Waals surface area contributed by atoms with E-state index in [0.29, 0.717) is 13.7 Å². The van der Waals surface area contributed by atoms with E-state index in [1.165, 1.54) is 0 Å². The second kappa shape index (κ2) is 10.2. The second-order valence-electron chi connectivity index (χ2n) is 4.20. The van der Waals surface area contributed by atoms with Gasteiger partial charge >= 0.3 is 23.2 Å². The van der Waals surface area contributed by atoms with E-state index in [1.807, 2.05) is 5.32 Å². The van der Waals surface area contributed by atoms with Crippen LogP contribution >= 0.6 is 0 Å². The Labute approximate surface area is 141 Å². The van der Waals surface area contributed by atoms with Crippen LogP contribution in [0.4, 0.5) is 9.32 Å². The third-order valence-electron chi connectivity index (χ3n) is 2.71. The third kappa shape index (κ3) is 5.17. The van der Waals surface area contributed by atoms with Crippen LogP contribution in [-0.2, 0) is 39.3 Å². The fourth-order valence-electron chi connectivity index (χ4n) is 1.62. The van der Waals surface area contributed by atoms with Gasteiger partial charge in [0.1, 0.15) is 33.2 Å². The van der Waals surface area contributed by atoms with Crippen molar-refractivity contribution >= 4 is 18.3 Å². The van der Waals surface area contributed by atoms with Gasteiger partial charge in [-0.05, 0) is 4.53 Å². The fraction of sp³-hybridized carbons (Fsp3) is 0.455. The molecule has 0 bridgehead atoms. The summed E-state index contributed by atoms with van der Waals surface area (Å²) in [6, 6.07) is 0. The number of halogens is 1. The van der Waals surface area contributed by atoms with Crippen LogP contribution in [0.1, 0.15) is 0 Å². The van der Waals surface area contributed by atoms with E-state index in [1.54, 1.807) is 0 Å². The van der Waals surface area contributed by atoms with Gasteiger partial charge < -0.3 is 10.1 Å². The summed E-state index contributed by atoms with van der Waals surface area (Å²) < 4.78 is 17.0.